The van der Waals surface area contributed by atoms with E-state index in [1.54, 1.807) is 4.90 Å². The zero-order chi connectivity index (χ0) is 11.8. The third kappa shape index (κ3) is 4.31. The Balaban J connectivity index is 2.41. The Bertz CT molecular complexity index is 313. The molecule has 0 aromatic heterocycles. The van der Waals surface area contributed by atoms with Crippen molar-refractivity contribution in [2.45, 2.75) is 12.8 Å². The second-order valence-corrected chi connectivity index (χ2v) is 3.70. The highest BCUT2D eigenvalue weighted by Gasteiger charge is 2.08. The number of rotatable bonds is 6. The normalized spacial score (nSPS) is 10.1. The van der Waals surface area contributed by atoms with Crippen molar-refractivity contribution in [1.29, 1.82) is 0 Å². The van der Waals surface area contributed by atoms with Crippen molar-refractivity contribution in [2.75, 3.05) is 19.6 Å². The third-order valence-corrected chi connectivity index (χ3v) is 2.46. The summed E-state index contributed by atoms with van der Waals surface area (Å²) in [6.45, 7) is 1.87. The highest BCUT2D eigenvalue weighted by molar-refractivity contribution is 5.71. The van der Waals surface area contributed by atoms with E-state index in [-0.39, 0.29) is 6.03 Å². The van der Waals surface area contributed by atoms with Gasteiger partial charge in [-0.3, -0.25) is 0 Å². The average Bonchev–Trinajstić information content (AvgIpc) is 2.30. The summed E-state index contributed by atoms with van der Waals surface area (Å²) in [7, 11) is 0. The third-order valence-electron chi connectivity index (χ3n) is 2.46. The highest BCUT2D eigenvalue weighted by atomic mass is 16.2. The molecule has 2 amide bonds. The van der Waals surface area contributed by atoms with Gasteiger partial charge in [-0.05, 0) is 24.9 Å². The zero-order valence-electron chi connectivity index (χ0n) is 9.43. The van der Waals surface area contributed by atoms with Gasteiger partial charge >= 0.3 is 6.03 Å². The predicted molar refractivity (Wildman–Crippen MR) is 65.0 cm³/mol. The summed E-state index contributed by atoms with van der Waals surface area (Å²) in [6, 6.07) is 9.67. The van der Waals surface area contributed by atoms with Gasteiger partial charge in [-0.2, -0.15) is 0 Å². The zero-order valence-corrected chi connectivity index (χ0v) is 9.43. The van der Waals surface area contributed by atoms with E-state index in [0.717, 1.165) is 12.8 Å². The van der Waals surface area contributed by atoms with Crippen LogP contribution in [0, 0.1) is 0 Å². The van der Waals surface area contributed by atoms with Crippen molar-refractivity contribution in [2.24, 2.45) is 11.5 Å². The predicted octanol–water partition coefficient (Wildman–Crippen LogP) is 0.959. The van der Waals surface area contributed by atoms with Gasteiger partial charge in [-0.25, -0.2) is 4.79 Å². The van der Waals surface area contributed by atoms with Crippen molar-refractivity contribution in [1.82, 2.24) is 4.90 Å². The number of nitrogens with two attached hydrogens (primary N) is 2. The van der Waals surface area contributed by atoms with E-state index >= 15 is 0 Å². The van der Waals surface area contributed by atoms with Crippen LogP contribution in [0.5, 0.6) is 0 Å². The summed E-state index contributed by atoms with van der Waals surface area (Å²) in [6.07, 6.45) is 1.62. The van der Waals surface area contributed by atoms with E-state index < -0.39 is 0 Å². The lowest BCUT2D eigenvalue weighted by molar-refractivity contribution is 0.208. The van der Waals surface area contributed by atoms with Crippen LogP contribution >= 0.6 is 0 Å². The molecule has 1 aromatic carbocycles. The molecular formula is C12H19N3O. The molecule has 0 heterocycles. The molecule has 0 aliphatic heterocycles. The highest BCUT2D eigenvalue weighted by Crippen LogP contribution is 2.01. The van der Waals surface area contributed by atoms with Crippen LogP contribution in [0.2, 0.25) is 0 Å². The largest absolute Gasteiger partial charge is 0.351 e. The molecule has 0 saturated heterocycles. The van der Waals surface area contributed by atoms with Gasteiger partial charge < -0.3 is 16.4 Å². The quantitative estimate of drug-likeness (QED) is 0.751. The second kappa shape index (κ2) is 6.85. The number of benzene rings is 1. The van der Waals surface area contributed by atoms with Crippen LogP contribution in [0.3, 0.4) is 0 Å². The number of hydrogen-bond donors (Lipinski definition) is 2. The van der Waals surface area contributed by atoms with E-state index in [2.05, 4.69) is 0 Å². The monoisotopic (exact) mass is 221 g/mol. The van der Waals surface area contributed by atoms with Crippen LogP contribution in [0.1, 0.15) is 12.0 Å². The first-order valence-corrected chi connectivity index (χ1v) is 5.52. The van der Waals surface area contributed by atoms with Crippen LogP contribution < -0.4 is 11.5 Å². The number of urea groups is 1. The Morgan fingerprint density at radius 1 is 1.19 bits per heavy atom. The molecule has 0 aliphatic rings. The Hall–Kier alpha value is -1.55. The van der Waals surface area contributed by atoms with Crippen LogP contribution in [0.4, 0.5) is 4.79 Å². The summed E-state index contributed by atoms with van der Waals surface area (Å²) in [5, 5.41) is 0. The van der Waals surface area contributed by atoms with Gasteiger partial charge in [0.25, 0.3) is 0 Å². The minimum absolute atomic E-state index is 0.371. The summed E-state index contributed by atoms with van der Waals surface area (Å²) < 4.78 is 0. The maximum Gasteiger partial charge on any atom is 0.314 e. The number of carbonyl (C=O) groups is 1. The number of amides is 2. The van der Waals surface area contributed by atoms with Gasteiger partial charge in [-0.1, -0.05) is 30.3 Å². The van der Waals surface area contributed by atoms with Gasteiger partial charge in [0.2, 0.25) is 0 Å². The molecule has 0 saturated carbocycles. The lowest BCUT2D eigenvalue weighted by Gasteiger charge is -2.19. The molecule has 0 fully saturated rings. The Kier molecular flexibility index (Phi) is 5.36. The number of hydrogen-bond acceptors (Lipinski definition) is 2. The van der Waals surface area contributed by atoms with E-state index in [0.29, 0.717) is 19.6 Å². The molecule has 0 aliphatic carbocycles. The molecule has 0 radical (unpaired) electrons. The SMILES string of the molecule is NCCCN(CCc1ccccc1)C(N)=O. The fraction of sp³-hybridized carbons (Fsp3) is 0.417. The molecule has 4 N–H and O–H groups in total. The van der Waals surface area contributed by atoms with Crippen molar-refractivity contribution >= 4 is 6.03 Å². The molecule has 1 aromatic rings. The van der Waals surface area contributed by atoms with Crippen molar-refractivity contribution < 1.29 is 4.79 Å². The molecule has 88 valence electrons. The Morgan fingerprint density at radius 2 is 1.88 bits per heavy atom. The standard InChI is InChI=1S/C12H19N3O/c13-8-4-9-15(12(14)16)10-7-11-5-2-1-3-6-11/h1-3,5-6H,4,7-10,13H2,(H2,14,16). The van der Waals surface area contributed by atoms with Gasteiger partial charge in [0.15, 0.2) is 0 Å². The first-order chi connectivity index (χ1) is 7.74. The minimum Gasteiger partial charge on any atom is -0.351 e. The van der Waals surface area contributed by atoms with Gasteiger partial charge in [0, 0.05) is 13.1 Å². The summed E-state index contributed by atoms with van der Waals surface area (Å²) in [5.41, 5.74) is 11.9. The molecular weight excluding hydrogens is 202 g/mol. The molecule has 4 heteroatoms. The summed E-state index contributed by atoms with van der Waals surface area (Å²) in [5.74, 6) is 0. The molecule has 0 atom stereocenters. The lowest BCUT2D eigenvalue weighted by Crippen LogP contribution is -2.38. The van der Waals surface area contributed by atoms with E-state index in [9.17, 15) is 4.79 Å². The summed E-state index contributed by atoms with van der Waals surface area (Å²) in [4.78, 5) is 12.8. The van der Waals surface area contributed by atoms with Crippen LogP contribution in [-0.4, -0.2) is 30.6 Å². The molecule has 0 spiro atoms. The number of primary amides is 1. The van der Waals surface area contributed by atoms with Crippen LogP contribution in [-0.2, 0) is 6.42 Å². The van der Waals surface area contributed by atoms with E-state index in [4.69, 9.17) is 11.5 Å². The fourth-order valence-corrected chi connectivity index (χ4v) is 1.52. The van der Waals surface area contributed by atoms with E-state index in [1.807, 2.05) is 30.3 Å². The fourth-order valence-electron chi connectivity index (χ4n) is 1.52. The maximum atomic E-state index is 11.1. The molecule has 0 unspecified atom stereocenters. The lowest BCUT2D eigenvalue weighted by atomic mass is 10.1. The van der Waals surface area contributed by atoms with Crippen molar-refractivity contribution in [3.05, 3.63) is 35.9 Å². The second-order valence-electron chi connectivity index (χ2n) is 3.70. The molecule has 0 bridgehead atoms. The van der Waals surface area contributed by atoms with Gasteiger partial charge in [0.1, 0.15) is 0 Å². The van der Waals surface area contributed by atoms with Gasteiger partial charge in [-0.15, -0.1) is 0 Å². The first kappa shape index (κ1) is 12.5. The number of nitrogens with zero attached hydrogens (tertiary/aromatic N) is 1. The van der Waals surface area contributed by atoms with Crippen LogP contribution in [0.15, 0.2) is 30.3 Å². The topological polar surface area (TPSA) is 72.3 Å². The Labute approximate surface area is 96.2 Å². The first-order valence-electron chi connectivity index (χ1n) is 5.52. The number of carbonyl (C=O) groups excluding carboxylic acids is 1. The summed E-state index contributed by atoms with van der Waals surface area (Å²) >= 11 is 0. The molecule has 16 heavy (non-hydrogen) atoms. The maximum absolute atomic E-state index is 11.1. The van der Waals surface area contributed by atoms with Crippen molar-refractivity contribution in [3.63, 3.8) is 0 Å². The molecule has 1 rings (SSSR count). The van der Waals surface area contributed by atoms with Crippen molar-refractivity contribution in [3.8, 4) is 0 Å². The Morgan fingerprint density at radius 3 is 2.44 bits per heavy atom. The van der Waals surface area contributed by atoms with E-state index in [1.165, 1.54) is 5.56 Å². The average molecular weight is 221 g/mol. The van der Waals surface area contributed by atoms with Crippen LogP contribution in [0.25, 0.3) is 0 Å². The minimum atomic E-state index is -0.371. The smallest absolute Gasteiger partial charge is 0.314 e. The van der Waals surface area contributed by atoms with Gasteiger partial charge in [0.05, 0.1) is 0 Å². The molecule has 4 nitrogen and oxygen atoms in total.